The number of nitrogens with zero attached hydrogens (tertiary/aromatic N) is 5. The number of rotatable bonds is 2. The Balaban J connectivity index is 1.82. The average Bonchev–Trinajstić information content (AvgIpc) is 3.29. The summed E-state index contributed by atoms with van der Waals surface area (Å²) in [6.45, 7) is 0. The third kappa shape index (κ3) is 2.45. The van der Waals surface area contributed by atoms with Crippen LogP contribution in [-0.4, -0.2) is 24.3 Å². The summed E-state index contributed by atoms with van der Waals surface area (Å²) in [5, 5.41) is 9.49. The van der Waals surface area contributed by atoms with E-state index >= 15 is 0 Å². The van der Waals surface area contributed by atoms with Crippen molar-refractivity contribution in [3.05, 3.63) is 53.0 Å². The molecular formula is C20H18FN5O. The molecule has 3 aromatic heterocycles. The summed E-state index contributed by atoms with van der Waals surface area (Å²) in [7, 11) is 1.74. The molecule has 0 N–H and O–H groups in total. The third-order valence-electron chi connectivity index (χ3n) is 5.52. The molecule has 0 saturated heterocycles. The minimum Gasteiger partial charge on any atom is -0.287 e. The third-order valence-corrected chi connectivity index (χ3v) is 5.52. The van der Waals surface area contributed by atoms with E-state index in [0.717, 1.165) is 53.2 Å². The fourth-order valence-corrected chi connectivity index (χ4v) is 4.12. The first-order valence-corrected chi connectivity index (χ1v) is 9.13. The van der Waals surface area contributed by atoms with Crippen molar-refractivity contribution in [2.75, 3.05) is 0 Å². The van der Waals surface area contributed by atoms with Gasteiger partial charge >= 0.3 is 5.69 Å². The van der Waals surface area contributed by atoms with Crippen LogP contribution in [0.4, 0.5) is 4.39 Å². The van der Waals surface area contributed by atoms with Crippen molar-refractivity contribution < 1.29 is 4.39 Å². The van der Waals surface area contributed by atoms with Crippen LogP contribution in [-0.2, 0) is 7.05 Å². The molecule has 1 saturated carbocycles. The zero-order chi connectivity index (χ0) is 18.5. The smallest absolute Gasteiger partial charge is 0.287 e. The van der Waals surface area contributed by atoms with Gasteiger partial charge in [0, 0.05) is 30.2 Å². The minimum atomic E-state index is -0.508. The van der Waals surface area contributed by atoms with Crippen molar-refractivity contribution in [3.63, 3.8) is 0 Å². The van der Waals surface area contributed by atoms with Gasteiger partial charge in [-0.2, -0.15) is 4.39 Å². The first kappa shape index (κ1) is 16.1. The van der Waals surface area contributed by atoms with E-state index in [2.05, 4.69) is 15.2 Å². The lowest BCUT2D eigenvalue weighted by atomic mass is 10.0. The molecule has 0 bridgehead atoms. The largest absolute Gasteiger partial charge is 0.330 e. The Morgan fingerprint density at radius 1 is 1.07 bits per heavy atom. The Labute approximate surface area is 154 Å². The Hall–Kier alpha value is -3.09. The van der Waals surface area contributed by atoms with Gasteiger partial charge in [-0.15, -0.1) is 10.2 Å². The van der Waals surface area contributed by atoms with Crippen LogP contribution in [0.25, 0.3) is 33.2 Å². The molecule has 6 nitrogen and oxygen atoms in total. The molecule has 1 aliphatic carbocycles. The summed E-state index contributed by atoms with van der Waals surface area (Å²) in [4.78, 5) is 16.7. The van der Waals surface area contributed by atoms with Crippen molar-refractivity contribution in [2.24, 2.45) is 7.05 Å². The Bertz CT molecular complexity index is 1220. The van der Waals surface area contributed by atoms with Gasteiger partial charge in [0.1, 0.15) is 5.52 Å². The highest BCUT2D eigenvalue weighted by Crippen LogP contribution is 2.34. The SMILES string of the molecule is Cn1c(=O)n(C2CCCC2)c2c3cc(-c4ccc(F)nc4)ccc3nnc21. The van der Waals surface area contributed by atoms with Gasteiger partial charge in [-0.3, -0.25) is 9.13 Å². The second-order valence-electron chi connectivity index (χ2n) is 7.12. The number of aromatic nitrogens is 5. The van der Waals surface area contributed by atoms with E-state index in [-0.39, 0.29) is 11.7 Å². The molecule has 7 heteroatoms. The lowest BCUT2D eigenvalue weighted by molar-refractivity contribution is 0.510. The van der Waals surface area contributed by atoms with Gasteiger partial charge < -0.3 is 0 Å². The number of benzene rings is 1. The molecule has 3 heterocycles. The molecule has 0 unspecified atom stereocenters. The van der Waals surface area contributed by atoms with Crippen LogP contribution in [0.15, 0.2) is 41.3 Å². The molecule has 1 fully saturated rings. The van der Waals surface area contributed by atoms with Gasteiger partial charge in [-0.25, -0.2) is 9.78 Å². The maximum absolute atomic E-state index is 13.2. The van der Waals surface area contributed by atoms with Crippen LogP contribution < -0.4 is 5.69 Å². The van der Waals surface area contributed by atoms with Gasteiger partial charge in [0.15, 0.2) is 5.65 Å². The number of imidazole rings is 1. The second kappa shape index (κ2) is 5.97. The predicted molar refractivity (Wildman–Crippen MR) is 101 cm³/mol. The maximum Gasteiger partial charge on any atom is 0.330 e. The zero-order valence-electron chi connectivity index (χ0n) is 14.9. The van der Waals surface area contributed by atoms with E-state index in [9.17, 15) is 9.18 Å². The molecule has 0 radical (unpaired) electrons. The second-order valence-corrected chi connectivity index (χ2v) is 7.12. The molecule has 0 amide bonds. The molecule has 1 aliphatic rings. The lowest BCUT2D eigenvalue weighted by Crippen LogP contribution is -2.24. The summed E-state index contributed by atoms with van der Waals surface area (Å²) >= 11 is 0. The fraction of sp³-hybridized carbons (Fsp3) is 0.300. The van der Waals surface area contributed by atoms with Gasteiger partial charge in [0.25, 0.3) is 0 Å². The molecule has 0 atom stereocenters. The number of halogens is 1. The summed E-state index contributed by atoms with van der Waals surface area (Å²) in [5.41, 5.74) is 3.82. The van der Waals surface area contributed by atoms with Gasteiger partial charge in [0.05, 0.1) is 5.52 Å². The summed E-state index contributed by atoms with van der Waals surface area (Å²) < 4.78 is 16.6. The van der Waals surface area contributed by atoms with Crippen LogP contribution in [0.2, 0.25) is 0 Å². The normalized spacial score (nSPS) is 15.2. The standard InChI is InChI=1S/C20H18FN5O/c1-25-19-18(26(20(25)27)14-4-2-3-5-14)15-10-12(6-8-16(15)23-24-19)13-7-9-17(21)22-11-13/h6-11,14H,2-5H2,1H3. The zero-order valence-corrected chi connectivity index (χ0v) is 14.9. The summed E-state index contributed by atoms with van der Waals surface area (Å²) in [6.07, 6.45) is 5.79. The highest BCUT2D eigenvalue weighted by Gasteiger charge is 2.25. The van der Waals surface area contributed by atoms with E-state index < -0.39 is 5.95 Å². The Morgan fingerprint density at radius 3 is 2.59 bits per heavy atom. The summed E-state index contributed by atoms with van der Waals surface area (Å²) in [5.74, 6) is -0.508. The van der Waals surface area contributed by atoms with Crippen LogP contribution in [0.3, 0.4) is 0 Å². The van der Waals surface area contributed by atoms with E-state index in [0.29, 0.717) is 5.65 Å². The first-order valence-electron chi connectivity index (χ1n) is 9.13. The van der Waals surface area contributed by atoms with Crippen LogP contribution >= 0.6 is 0 Å². The summed E-state index contributed by atoms with van der Waals surface area (Å²) in [6, 6.07) is 9.04. The number of aryl methyl sites for hydroxylation is 1. The first-order chi connectivity index (χ1) is 13.1. The monoisotopic (exact) mass is 363 g/mol. The topological polar surface area (TPSA) is 65.6 Å². The van der Waals surface area contributed by atoms with Crippen molar-refractivity contribution in [1.29, 1.82) is 0 Å². The van der Waals surface area contributed by atoms with Gasteiger partial charge in [-0.1, -0.05) is 18.9 Å². The number of hydrogen-bond donors (Lipinski definition) is 0. The number of pyridine rings is 1. The Kier molecular flexibility index (Phi) is 3.56. The van der Waals surface area contributed by atoms with Crippen molar-refractivity contribution in [3.8, 4) is 11.1 Å². The minimum absolute atomic E-state index is 0.0486. The van der Waals surface area contributed by atoms with E-state index in [1.165, 1.54) is 12.3 Å². The van der Waals surface area contributed by atoms with Crippen LogP contribution in [0.1, 0.15) is 31.7 Å². The van der Waals surface area contributed by atoms with Crippen LogP contribution in [0, 0.1) is 5.95 Å². The van der Waals surface area contributed by atoms with Crippen molar-refractivity contribution in [1.82, 2.24) is 24.3 Å². The molecule has 1 aromatic carbocycles. The van der Waals surface area contributed by atoms with Gasteiger partial charge in [0.2, 0.25) is 5.95 Å². The highest BCUT2D eigenvalue weighted by molar-refractivity contribution is 6.02. The molecule has 136 valence electrons. The molecule has 0 aliphatic heterocycles. The average molecular weight is 363 g/mol. The maximum atomic E-state index is 13.2. The lowest BCUT2D eigenvalue weighted by Gasteiger charge is -2.12. The highest BCUT2D eigenvalue weighted by atomic mass is 19.1. The molecule has 4 aromatic rings. The van der Waals surface area contributed by atoms with Crippen LogP contribution in [0.5, 0.6) is 0 Å². The van der Waals surface area contributed by atoms with Crippen molar-refractivity contribution in [2.45, 2.75) is 31.7 Å². The van der Waals surface area contributed by atoms with E-state index in [4.69, 9.17) is 0 Å². The van der Waals surface area contributed by atoms with Gasteiger partial charge in [-0.05, 0) is 42.7 Å². The molecule has 0 spiro atoms. The molecule has 27 heavy (non-hydrogen) atoms. The Morgan fingerprint density at radius 2 is 1.85 bits per heavy atom. The van der Waals surface area contributed by atoms with Crippen molar-refractivity contribution >= 4 is 22.1 Å². The molecular weight excluding hydrogens is 345 g/mol. The predicted octanol–water partition coefficient (Wildman–Crippen LogP) is 3.60. The van der Waals surface area contributed by atoms with E-state index in [1.807, 2.05) is 22.8 Å². The van der Waals surface area contributed by atoms with E-state index in [1.54, 1.807) is 17.7 Å². The number of fused-ring (bicyclic) bond motifs is 3. The molecule has 5 rings (SSSR count). The quantitative estimate of drug-likeness (QED) is 0.511. The fourth-order valence-electron chi connectivity index (χ4n) is 4.12. The number of hydrogen-bond acceptors (Lipinski definition) is 4.